The highest BCUT2D eigenvalue weighted by atomic mass is 35.5. The Morgan fingerprint density at radius 3 is 2.32 bits per heavy atom. The Balaban J connectivity index is 1.78. The van der Waals surface area contributed by atoms with E-state index in [2.05, 4.69) is 10.5 Å². The van der Waals surface area contributed by atoms with Crippen LogP contribution in [0.4, 0.5) is 4.39 Å². The van der Waals surface area contributed by atoms with Crippen LogP contribution in [0.2, 0.25) is 5.02 Å². The van der Waals surface area contributed by atoms with Crippen LogP contribution in [-0.4, -0.2) is 31.4 Å². The number of rotatable bonds is 8. The molecule has 9 heteroatoms. The molecule has 0 atom stereocenters. The van der Waals surface area contributed by atoms with E-state index in [4.69, 9.17) is 11.6 Å². The van der Waals surface area contributed by atoms with Crippen molar-refractivity contribution >= 4 is 33.7 Å². The van der Waals surface area contributed by atoms with Crippen LogP contribution in [-0.2, 0) is 21.4 Å². The summed E-state index contributed by atoms with van der Waals surface area (Å²) < 4.78 is 40.9. The summed E-state index contributed by atoms with van der Waals surface area (Å²) >= 11 is 5.90. The molecule has 3 rings (SSSR count). The van der Waals surface area contributed by atoms with Crippen molar-refractivity contribution in [3.63, 3.8) is 0 Å². The third-order valence-corrected chi connectivity index (χ3v) is 6.33. The van der Waals surface area contributed by atoms with Gasteiger partial charge in [-0.25, -0.2) is 18.2 Å². The van der Waals surface area contributed by atoms with Gasteiger partial charge in [0, 0.05) is 17.1 Å². The number of halogens is 2. The average molecular weight is 460 g/mol. The molecule has 1 amide bonds. The number of carbonyl (C=O) groups is 1. The summed E-state index contributed by atoms with van der Waals surface area (Å²) in [5.74, 6) is -1.16. The van der Waals surface area contributed by atoms with Gasteiger partial charge in [-0.1, -0.05) is 60.1 Å². The van der Waals surface area contributed by atoms with Gasteiger partial charge in [-0.05, 0) is 35.9 Å². The maximum Gasteiger partial charge on any atom is 0.255 e. The Hall–Kier alpha value is -3.07. The first-order chi connectivity index (χ1) is 14.9. The second-order valence-electron chi connectivity index (χ2n) is 6.53. The summed E-state index contributed by atoms with van der Waals surface area (Å²) in [7, 11) is -3.96. The van der Waals surface area contributed by atoms with Gasteiger partial charge < -0.3 is 0 Å². The van der Waals surface area contributed by atoms with Gasteiger partial charge in [-0.15, -0.1) is 0 Å². The van der Waals surface area contributed by atoms with Crippen molar-refractivity contribution in [3.05, 3.63) is 101 Å². The molecule has 0 aliphatic rings. The maximum absolute atomic E-state index is 13.6. The minimum Gasteiger partial charge on any atom is -0.272 e. The zero-order valence-corrected chi connectivity index (χ0v) is 17.9. The zero-order valence-electron chi connectivity index (χ0n) is 16.3. The molecule has 0 radical (unpaired) electrons. The second kappa shape index (κ2) is 10.3. The largest absolute Gasteiger partial charge is 0.272 e. The van der Waals surface area contributed by atoms with Crippen molar-refractivity contribution in [1.29, 1.82) is 0 Å². The number of sulfonamides is 1. The minimum atomic E-state index is -3.96. The van der Waals surface area contributed by atoms with Gasteiger partial charge in [0.2, 0.25) is 10.0 Å². The van der Waals surface area contributed by atoms with Crippen LogP contribution in [0.5, 0.6) is 0 Å². The number of benzene rings is 3. The number of hydrogen-bond acceptors (Lipinski definition) is 4. The highest BCUT2D eigenvalue weighted by molar-refractivity contribution is 7.89. The fourth-order valence-electron chi connectivity index (χ4n) is 2.71. The van der Waals surface area contributed by atoms with E-state index in [0.717, 1.165) is 10.5 Å². The monoisotopic (exact) mass is 459 g/mol. The van der Waals surface area contributed by atoms with Crippen molar-refractivity contribution in [2.45, 2.75) is 11.4 Å². The number of nitrogens with zero attached hydrogens (tertiary/aromatic N) is 2. The lowest BCUT2D eigenvalue weighted by Crippen LogP contribution is -2.39. The Kier molecular flexibility index (Phi) is 7.51. The second-order valence-corrected chi connectivity index (χ2v) is 8.90. The fourth-order valence-corrected chi connectivity index (χ4v) is 4.24. The molecular formula is C22H19ClFN3O3S. The quantitative estimate of drug-likeness (QED) is 0.411. The molecule has 3 aromatic rings. The van der Waals surface area contributed by atoms with Crippen molar-refractivity contribution in [1.82, 2.24) is 9.73 Å². The van der Waals surface area contributed by atoms with Gasteiger partial charge in [0.1, 0.15) is 5.82 Å². The summed E-state index contributed by atoms with van der Waals surface area (Å²) in [6, 6.07) is 20.4. The number of amides is 1. The van der Waals surface area contributed by atoms with E-state index >= 15 is 0 Å². The molecule has 0 heterocycles. The first-order valence-corrected chi connectivity index (χ1v) is 11.0. The van der Waals surface area contributed by atoms with Crippen LogP contribution in [0.1, 0.15) is 11.1 Å². The summed E-state index contributed by atoms with van der Waals surface area (Å²) in [5, 5.41) is 4.24. The van der Waals surface area contributed by atoms with Crippen LogP contribution >= 0.6 is 11.6 Å². The fraction of sp³-hybridized carbons (Fsp3) is 0.0909. The van der Waals surface area contributed by atoms with Crippen LogP contribution in [0.25, 0.3) is 0 Å². The van der Waals surface area contributed by atoms with Crippen molar-refractivity contribution in [2.75, 3.05) is 6.54 Å². The molecule has 6 nitrogen and oxygen atoms in total. The third-order valence-electron chi connectivity index (χ3n) is 4.27. The van der Waals surface area contributed by atoms with Gasteiger partial charge in [-0.3, -0.25) is 4.79 Å². The predicted molar refractivity (Wildman–Crippen MR) is 118 cm³/mol. The molecule has 0 spiro atoms. The van der Waals surface area contributed by atoms with E-state index < -0.39 is 28.3 Å². The van der Waals surface area contributed by atoms with Gasteiger partial charge in [0.25, 0.3) is 5.91 Å². The first kappa shape index (κ1) is 22.6. The van der Waals surface area contributed by atoms with Crippen LogP contribution < -0.4 is 5.43 Å². The van der Waals surface area contributed by atoms with E-state index in [0.29, 0.717) is 10.6 Å². The minimum absolute atomic E-state index is 0.0428. The van der Waals surface area contributed by atoms with Crippen molar-refractivity contribution < 1.29 is 17.6 Å². The van der Waals surface area contributed by atoms with E-state index in [1.165, 1.54) is 30.3 Å². The average Bonchev–Trinajstić information content (AvgIpc) is 2.77. The molecule has 0 aliphatic carbocycles. The van der Waals surface area contributed by atoms with Gasteiger partial charge in [0.15, 0.2) is 0 Å². The summed E-state index contributed by atoms with van der Waals surface area (Å²) in [5.41, 5.74) is 3.10. The van der Waals surface area contributed by atoms with Gasteiger partial charge in [0.05, 0.1) is 17.7 Å². The molecule has 160 valence electrons. The normalized spacial score (nSPS) is 11.7. The smallest absolute Gasteiger partial charge is 0.255 e. The van der Waals surface area contributed by atoms with Crippen molar-refractivity contribution in [3.8, 4) is 0 Å². The number of hydrogen-bond donors (Lipinski definition) is 1. The zero-order chi connectivity index (χ0) is 22.3. The lowest BCUT2D eigenvalue weighted by molar-refractivity contribution is -0.121. The van der Waals surface area contributed by atoms with Gasteiger partial charge in [-0.2, -0.15) is 9.41 Å². The molecule has 0 unspecified atom stereocenters. The lowest BCUT2D eigenvalue weighted by Gasteiger charge is -2.21. The van der Waals surface area contributed by atoms with Crippen molar-refractivity contribution in [2.24, 2.45) is 5.10 Å². The topological polar surface area (TPSA) is 78.8 Å². The molecule has 0 saturated carbocycles. The highest BCUT2D eigenvalue weighted by Gasteiger charge is 2.26. The van der Waals surface area contributed by atoms with Gasteiger partial charge >= 0.3 is 0 Å². The summed E-state index contributed by atoms with van der Waals surface area (Å²) in [6.07, 6.45) is 1.16. The number of hydrazone groups is 1. The molecule has 0 bridgehead atoms. The SMILES string of the molecule is O=C(CN(Cc1ccc(Cl)cc1)S(=O)(=O)c1ccccc1)N/N=C/c1ccccc1F. The van der Waals surface area contributed by atoms with Crippen LogP contribution in [0.15, 0.2) is 88.9 Å². The summed E-state index contributed by atoms with van der Waals surface area (Å²) in [4.78, 5) is 12.5. The van der Waals surface area contributed by atoms with Crippen LogP contribution in [0, 0.1) is 5.82 Å². The third kappa shape index (κ3) is 6.21. The molecule has 31 heavy (non-hydrogen) atoms. The van der Waals surface area contributed by atoms with E-state index in [-0.39, 0.29) is 17.0 Å². The summed E-state index contributed by atoms with van der Waals surface area (Å²) in [6.45, 7) is -0.521. The Labute approximate surface area is 185 Å². The molecule has 0 saturated heterocycles. The highest BCUT2D eigenvalue weighted by Crippen LogP contribution is 2.19. The molecule has 0 fully saturated rings. The van der Waals surface area contributed by atoms with Crippen LogP contribution in [0.3, 0.4) is 0 Å². The van der Waals surface area contributed by atoms with E-state index in [1.54, 1.807) is 48.5 Å². The predicted octanol–water partition coefficient (Wildman–Crippen LogP) is 3.82. The molecular weight excluding hydrogens is 441 g/mol. The first-order valence-electron chi connectivity index (χ1n) is 9.22. The lowest BCUT2D eigenvalue weighted by atomic mass is 10.2. The Morgan fingerprint density at radius 1 is 1.00 bits per heavy atom. The molecule has 3 aromatic carbocycles. The Morgan fingerprint density at radius 2 is 1.65 bits per heavy atom. The number of nitrogens with one attached hydrogen (secondary N) is 1. The standard InChI is InChI=1S/C22H19ClFN3O3S/c23-19-12-10-17(11-13-19)15-27(31(29,30)20-7-2-1-3-8-20)16-22(28)26-25-14-18-6-4-5-9-21(18)24/h1-14H,15-16H2,(H,26,28)/b25-14+. The molecule has 0 aliphatic heterocycles. The Bertz CT molecular complexity index is 1170. The maximum atomic E-state index is 13.6. The van der Waals surface area contributed by atoms with E-state index in [9.17, 15) is 17.6 Å². The number of carbonyl (C=O) groups excluding carboxylic acids is 1. The van der Waals surface area contributed by atoms with E-state index in [1.807, 2.05) is 0 Å². The molecule has 1 N–H and O–H groups in total. The molecule has 0 aromatic heterocycles.